The molecule has 0 aromatic heterocycles. The van der Waals surface area contributed by atoms with Gasteiger partial charge in [0.1, 0.15) is 0 Å². The van der Waals surface area contributed by atoms with Crippen molar-refractivity contribution in [2.24, 2.45) is 0 Å². The lowest BCUT2D eigenvalue weighted by molar-refractivity contribution is -0.136. The van der Waals surface area contributed by atoms with Gasteiger partial charge < -0.3 is 10.0 Å². The first-order valence-corrected chi connectivity index (χ1v) is 10.3. The molecule has 1 amide bonds. The molecule has 4 aromatic carbocycles. The van der Waals surface area contributed by atoms with Gasteiger partial charge in [-0.1, -0.05) is 91.0 Å². The number of rotatable bonds is 5. The van der Waals surface area contributed by atoms with Crippen molar-refractivity contribution in [3.8, 4) is 0 Å². The zero-order valence-electron chi connectivity index (χ0n) is 16.9. The van der Waals surface area contributed by atoms with Crippen molar-refractivity contribution < 1.29 is 14.7 Å². The normalized spacial score (nSPS) is 17.7. The Morgan fingerprint density at radius 1 is 0.806 bits per heavy atom. The van der Waals surface area contributed by atoms with Crippen molar-refractivity contribution in [1.82, 2.24) is 0 Å². The first-order valence-electron chi connectivity index (χ1n) is 10.3. The number of benzene rings is 4. The van der Waals surface area contributed by atoms with Gasteiger partial charge in [-0.05, 0) is 22.4 Å². The highest BCUT2D eigenvalue weighted by atomic mass is 16.3. The molecule has 0 saturated heterocycles. The molecule has 0 fully saturated rings. The Balaban J connectivity index is 1.53. The Kier molecular flexibility index (Phi) is 4.64. The summed E-state index contributed by atoms with van der Waals surface area (Å²) in [4.78, 5) is 28.0. The predicted octanol–water partition coefficient (Wildman–Crippen LogP) is 4.85. The number of hydrogen-bond acceptors (Lipinski definition) is 3. The van der Waals surface area contributed by atoms with Gasteiger partial charge in [-0.2, -0.15) is 0 Å². The maximum Gasteiger partial charge on any atom is 0.264 e. The number of hydrogen-bond donors (Lipinski definition) is 1. The molecule has 4 aromatic rings. The molecular formula is C27H21NO3. The molecule has 1 aliphatic rings. The molecule has 4 heteroatoms. The average molecular weight is 407 g/mol. The number of aliphatic hydroxyl groups is 1. The maximum atomic E-state index is 13.5. The van der Waals surface area contributed by atoms with E-state index in [9.17, 15) is 14.7 Å². The third-order valence-corrected chi connectivity index (χ3v) is 5.96. The van der Waals surface area contributed by atoms with Gasteiger partial charge in [-0.3, -0.25) is 9.59 Å². The molecule has 0 spiro atoms. The standard InChI is InChI=1S/C27H21NO3/c29-25(20-10-2-1-3-11-20)17-27(31)23-15-6-7-16-24(23)28(26(27)30)18-21-13-8-12-19-9-4-5-14-22(19)21/h1-16,31H,17-18H2. The molecule has 0 aliphatic carbocycles. The van der Waals surface area contributed by atoms with Crippen LogP contribution in [0.4, 0.5) is 5.69 Å². The van der Waals surface area contributed by atoms with E-state index < -0.39 is 11.5 Å². The Bertz CT molecular complexity index is 1290. The van der Waals surface area contributed by atoms with Gasteiger partial charge in [0.25, 0.3) is 5.91 Å². The molecule has 1 atom stereocenters. The van der Waals surface area contributed by atoms with Crippen molar-refractivity contribution in [1.29, 1.82) is 0 Å². The topological polar surface area (TPSA) is 57.6 Å². The Hall–Kier alpha value is -3.76. The van der Waals surface area contributed by atoms with Crippen LogP contribution in [0.5, 0.6) is 0 Å². The van der Waals surface area contributed by atoms with Crippen LogP contribution in [0.25, 0.3) is 10.8 Å². The van der Waals surface area contributed by atoms with E-state index in [0.717, 1.165) is 16.3 Å². The summed E-state index contributed by atoms with van der Waals surface area (Å²) in [5, 5.41) is 13.6. The maximum absolute atomic E-state index is 13.5. The number of nitrogens with zero attached hydrogens (tertiary/aromatic N) is 1. The fraction of sp³-hybridized carbons (Fsp3) is 0.111. The van der Waals surface area contributed by atoms with Gasteiger partial charge in [0, 0.05) is 11.1 Å². The summed E-state index contributed by atoms with van der Waals surface area (Å²) in [6.45, 7) is 0.318. The third kappa shape index (κ3) is 3.22. The molecular weight excluding hydrogens is 386 g/mol. The number of Topliss-reactive ketones (excluding diaryl/α,β-unsaturated/α-hetero) is 1. The number of anilines is 1. The number of carbonyl (C=O) groups excluding carboxylic acids is 2. The number of para-hydroxylation sites is 1. The van der Waals surface area contributed by atoms with Crippen LogP contribution in [0.15, 0.2) is 97.1 Å². The summed E-state index contributed by atoms with van der Waals surface area (Å²) in [7, 11) is 0. The summed E-state index contributed by atoms with van der Waals surface area (Å²) in [5.41, 5.74) is 0.704. The SMILES string of the molecule is O=C(CC1(O)C(=O)N(Cc2cccc3ccccc23)c2ccccc21)c1ccccc1. The minimum Gasteiger partial charge on any atom is -0.375 e. The summed E-state index contributed by atoms with van der Waals surface area (Å²) in [6, 6.07) is 30.0. The fourth-order valence-corrected chi connectivity index (χ4v) is 4.39. The van der Waals surface area contributed by atoms with Crippen molar-refractivity contribution in [3.63, 3.8) is 0 Å². The largest absolute Gasteiger partial charge is 0.375 e. The van der Waals surface area contributed by atoms with Gasteiger partial charge in [-0.25, -0.2) is 0 Å². The zero-order valence-corrected chi connectivity index (χ0v) is 16.9. The van der Waals surface area contributed by atoms with E-state index >= 15 is 0 Å². The first kappa shape index (κ1) is 19.2. The van der Waals surface area contributed by atoms with E-state index in [1.54, 1.807) is 41.3 Å². The molecule has 0 bridgehead atoms. The summed E-state index contributed by atoms with van der Waals surface area (Å²) < 4.78 is 0. The number of ketones is 1. The summed E-state index contributed by atoms with van der Waals surface area (Å²) in [6.07, 6.45) is -0.293. The molecule has 0 saturated carbocycles. The molecule has 4 nitrogen and oxygen atoms in total. The third-order valence-electron chi connectivity index (χ3n) is 5.96. The van der Waals surface area contributed by atoms with E-state index in [1.807, 2.05) is 60.7 Å². The van der Waals surface area contributed by atoms with E-state index in [-0.39, 0.29) is 12.2 Å². The highest BCUT2D eigenvalue weighted by Gasteiger charge is 2.50. The lowest BCUT2D eigenvalue weighted by Crippen LogP contribution is -2.41. The van der Waals surface area contributed by atoms with Crippen LogP contribution in [-0.4, -0.2) is 16.8 Å². The van der Waals surface area contributed by atoms with Crippen molar-refractivity contribution in [2.45, 2.75) is 18.6 Å². The molecule has 0 radical (unpaired) electrons. The quantitative estimate of drug-likeness (QED) is 0.481. The lowest BCUT2D eigenvalue weighted by Gasteiger charge is -2.23. The van der Waals surface area contributed by atoms with Crippen molar-refractivity contribution in [2.75, 3.05) is 4.90 Å². The summed E-state index contributed by atoms with van der Waals surface area (Å²) >= 11 is 0. The van der Waals surface area contributed by atoms with Crippen LogP contribution in [0, 0.1) is 0 Å². The molecule has 1 N–H and O–H groups in total. The zero-order chi connectivity index (χ0) is 21.4. The van der Waals surface area contributed by atoms with Gasteiger partial charge in [-0.15, -0.1) is 0 Å². The number of carbonyl (C=O) groups is 2. The number of amides is 1. The molecule has 1 unspecified atom stereocenters. The fourth-order valence-electron chi connectivity index (χ4n) is 4.39. The minimum absolute atomic E-state index is 0.265. The summed E-state index contributed by atoms with van der Waals surface area (Å²) in [5.74, 6) is -0.732. The van der Waals surface area contributed by atoms with E-state index in [1.165, 1.54) is 0 Å². The highest BCUT2D eigenvalue weighted by molar-refractivity contribution is 6.11. The van der Waals surface area contributed by atoms with E-state index in [4.69, 9.17) is 0 Å². The van der Waals surface area contributed by atoms with E-state index in [0.29, 0.717) is 23.4 Å². The van der Waals surface area contributed by atoms with Crippen LogP contribution in [0.3, 0.4) is 0 Å². The number of fused-ring (bicyclic) bond motifs is 2. The monoisotopic (exact) mass is 407 g/mol. The van der Waals surface area contributed by atoms with Gasteiger partial charge >= 0.3 is 0 Å². The van der Waals surface area contributed by atoms with Gasteiger partial charge in [0.15, 0.2) is 11.4 Å². The van der Waals surface area contributed by atoms with Gasteiger partial charge in [0.2, 0.25) is 0 Å². The lowest BCUT2D eigenvalue weighted by atomic mass is 9.88. The second kappa shape index (κ2) is 7.49. The Morgan fingerprint density at radius 3 is 2.32 bits per heavy atom. The highest BCUT2D eigenvalue weighted by Crippen LogP contribution is 2.43. The van der Waals surface area contributed by atoms with Crippen LogP contribution in [0.1, 0.15) is 27.9 Å². The Labute approximate surface area is 180 Å². The van der Waals surface area contributed by atoms with Crippen LogP contribution in [-0.2, 0) is 16.9 Å². The molecule has 5 rings (SSSR count). The van der Waals surface area contributed by atoms with Crippen molar-refractivity contribution >= 4 is 28.2 Å². The molecule has 31 heavy (non-hydrogen) atoms. The van der Waals surface area contributed by atoms with Crippen molar-refractivity contribution in [3.05, 3.63) is 114 Å². The molecule has 152 valence electrons. The second-order valence-electron chi connectivity index (χ2n) is 7.87. The first-order chi connectivity index (χ1) is 15.1. The van der Waals surface area contributed by atoms with Crippen LogP contribution < -0.4 is 4.90 Å². The predicted molar refractivity (Wildman–Crippen MR) is 121 cm³/mol. The minimum atomic E-state index is -1.88. The Morgan fingerprint density at radius 2 is 1.48 bits per heavy atom. The van der Waals surface area contributed by atoms with E-state index in [2.05, 4.69) is 0 Å². The van der Waals surface area contributed by atoms with Crippen LogP contribution >= 0.6 is 0 Å². The molecule has 1 heterocycles. The smallest absolute Gasteiger partial charge is 0.264 e. The average Bonchev–Trinajstić information content (AvgIpc) is 3.02. The van der Waals surface area contributed by atoms with Crippen LogP contribution in [0.2, 0.25) is 0 Å². The second-order valence-corrected chi connectivity index (χ2v) is 7.87. The molecule has 1 aliphatic heterocycles. The van der Waals surface area contributed by atoms with Gasteiger partial charge in [0.05, 0.1) is 18.7 Å².